The van der Waals surface area contributed by atoms with E-state index < -0.39 is 0 Å². The lowest BCUT2D eigenvalue weighted by Gasteiger charge is -2.38. The third kappa shape index (κ3) is 5.27. The summed E-state index contributed by atoms with van der Waals surface area (Å²) >= 11 is 12.3. The molecule has 4 rings (SSSR count). The predicted octanol–water partition coefficient (Wildman–Crippen LogP) is 5.73. The number of amides is 1. The number of rotatable bonds is 7. The van der Waals surface area contributed by atoms with Crippen LogP contribution in [-0.4, -0.2) is 52.4 Å². The minimum absolute atomic E-state index is 0.0180. The standard InChI is InChI=1S/C26H30Cl2N4O3/c1-4-35-26(34)32(20-9-10-21(27)22(28)17-20)19-11-13-29(14-12-19)15-16-30-23-7-5-6-8-24(23)31(18(2)3)25(30)33/h5-10,17,19H,2,4,11-16H2,1,3H3. The first-order valence-corrected chi connectivity index (χ1v) is 12.6. The summed E-state index contributed by atoms with van der Waals surface area (Å²) in [6.07, 6.45) is 1.17. The maximum atomic E-state index is 13.1. The molecule has 1 saturated heterocycles. The van der Waals surface area contributed by atoms with Gasteiger partial charge in [-0.2, -0.15) is 0 Å². The van der Waals surface area contributed by atoms with Gasteiger partial charge in [-0.15, -0.1) is 0 Å². The van der Waals surface area contributed by atoms with Gasteiger partial charge in [0, 0.05) is 43.6 Å². The summed E-state index contributed by atoms with van der Waals surface area (Å²) in [6.45, 7) is 10.8. The zero-order chi connectivity index (χ0) is 25.1. The third-order valence-corrected chi connectivity index (χ3v) is 7.16. The van der Waals surface area contributed by atoms with Gasteiger partial charge in [-0.25, -0.2) is 9.59 Å². The number of carbonyl (C=O) groups is 1. The molecule has 7 nitrogen and oxygen atoms in total. The van der Waals surface area contributed by atoms with Gasteiger partial charge in [0.15, 0.2) is 0 Å². The fraction of sp³-hybridized carbons (Fsp3) is 0.385. The first-order valence-electron chi connectivity index (χ1n) is 11.8. The van der Waals surface area contributed by atoms with Crippen LogP contribution < -0.4 is 10.6 Å². The fourth-order valence-electron chi connectivity index (χ4n) is 4.73. The van der Waals surface area contributed by atoms with Crippen LogP contribution in [0.5, 0.6) is 0 Å². The van der Waals surface area contributed by atoms with Crippen molar-refractivity contribution in [2.45, 2.75) is 39.3 Å². The number of imidazole rings is 1. The Morgan fingerprint density at radius 3 is 2.40 bits per heavy atom. The monoisotopic (exact) mass is 516 g/mol. The maximum absolute atomic E-state index is 13.1. The minimum Gasteiger partial charge on any atom is -0.449 e. The number of ether oxygens (including phenoxy) is 1. The molecule has 0 spiro atoms. The van der Waals surface area contributed by atoms with Gasteiger partial charge < -0.3 is 9.64 Å². The molecule has 9 heteroatoms. The van der Waals surface area contributed by atoms with Crippen LogP contribution in [0.15, 0.2) is 53.8 Å². The zero-order valence-corrected chi connectivity index (χ0v) is 21.6. The van der Waals surface area contributed by atoms with Crippen LogP contribution in [0.25, 0.3) is 16.7 Å². The van der Waals surface area contributed by atoms with Crippen LogP contribution in [-0.2, 0) is 11.3 Å². The Morgan fingerprint density at radius 1 is 1.09 bits per heavy atom. The van der Waals surface area contributed by atoms with E-state index in [-0.39, 0.29) is 17.8 Å². The Balaban J connectivity index is 1.46. The van der Waals surface area contributed by atoms with E-state index in [0.717, 1.165) is 43.5 Å². The van der Waals surface area contributed by atoms with E-state index in [1.165, 1.54) is 0 Å². The van der Waals surface area contributed by atoms with E-state index in [2.05, 4.69) is 11.5 Å². The number of fused-ring (bicyclic) bond motifs is 1. The van der Waals surface area contributed by atoms with Crippen molar-refractivity contribution in [1.82, 2.24) is 14.0 Å². The highest BCUT2D eigenvalue weighted by Gasteiger charge is 2.30. The van der Waals surface area contributed by atoms with Crippen molar-refractivity contribution >= 4 is 51.7 Å². The van der Waals surface area contributed by atoms with Crippen LogP contribution in [0.2, 0.25) is 10.0 Å². The highest BCUT2D eigenvalue weighted by molar-refractivity contribution is 6.42. The number of hydrogen-bond acceptors (Lipinski definition) is 4. The Labute approximate surface area is 215 Å². The topological polar surface area (TPSA) is 59.7 Å². The van der Waals surface area contributed by atoms with E-state index in [0.29, 0.717) is 34.6 Å². The lowest BCUT2D eigenvalue weighted by Crippen LogP contribution is -2.48. The highest BCUT2D eigenvalue weighted by atomic mass is 35.5. The SMILES string of the molecule is C=C(C)n1c(=O)n(CCN2CCC(N(C(=O)OCC)c3ccc(Cl)c(Cl)c3)CC2)c2ccccc21. The zero-order valence-electron chi connectivity index (χ0n) is 20.0. The van der Waals surface area contributed by atoms with Gasteiger partial charge in [0.05, 0.1) is 27.7 Å². The molecule has 2 heterocycles. The first-order chi connectivity index (χ1) is 16.8. The number of piperidine rings is 1. The molecule has 1 aromatic heterocycles. The molecule has 0 unspecified atom stereocenters. The smallest absolute Gasteiger partial charge is 0.414 e. The van der Waals surface area contributed by atoms with Gasteiger partial charge in [-0.05, 0) is 57.0 Å². The first kappa shape index (κ1) is 25.4. The number of para-hydroxylation sites is 2. The number of aromatic nitrogens is 2. The highest BCUT2D eigenvalue weighted by Crippen LogP contribution is 2.31. The van der Waals surface area contributed by atoms with Crippen molar-refractivity contribution in [1.29, 1.82) is 0 Å². The fourth-order valence-corrected chi connectivity index (χ4v) is 5.02. The average Bonchev–Trinajstić information content (AvgIpc) is 3.12. The number of hydrogen-bond donors (Lipinski definition) is 0. The summed E-state index contributed by atoms with van der Waals surface area (Å²) in [5.74, 6) is 0. The van der Waals surface area contributed by atoms with E-state index in [4.69, 9.17) is 27.9 Å². The van der Waals surface area contributed by atoms with Gasteiger partial charge in [-0.1, -0.05) is 41.9 Å². The van der Waals surface area contributed by atoms with Crippen LogP contribution in [0, 0.1) is 0 Å². The van der Waals surface area contributed by atoms with Gasteiger partial charge >= 0.3 is 11.8 Å². The molecular formula is C26H30Cl2N4O3. The maximum Gasteiger partial charge on any atom is 0.414 e. The van der Waals surface area contributed by atoms with Crippen LogP contribution in [0.1, 0.15) is 26.7 Å². The quantitative estimate of drug-likeness (QED) is 0.402. The number of carbonyl (C=O) groups excluding carboxylic acids is 1. The Hall–Kier alpha value is -2.74. The number of benzene rings is 2. The van der Waals surface area contributed by atoms with Crippen molar-refractivity contribution < 1.29 is 9.53 Å². The summed E-state index contributed by atoms with van der Waals surface area (Å²) < 4.78 is 8.82. The van der Waals surface area contributed by atoms with E-state index in [9.17, 15) is 9.59 Å². The molecule has 2 aromatic carbocycles. The lowest BCUT2D eigenvalue weighted by atomic mass is 10.0. The van der Waals surface area contributed by atoms with Crippen LogP contribution in [0.3, 0.4) is 0 Å². The molecule has 0 saturated carbocycles. The second-order valence-corrected chi connectivity index (χ2v) is 9.55. The van der Waals surface area contributed by atoms with Crippen molar-refractivity contribution in [2.24, 2.45) is 0 Å². The Kier molecular flexibility index (Phi) is 7.89. The molecule has 0 aliphatic carbocycles. The molecule has 186 valence electrons. The number of anilines is 1. The molecule has 0 bridgehead atoms. The van der Waals surface area contributed by atoms with E-state index in [1.807, 2.05) is 35.8 Å². The lowest BCUT2D eigenvalue weighted by molar-refractivity contribution is 0.148. The van der Waals surface area contributed by atoms with Crippen molar-refractivity contribution in [2.75, 3.05) is 31.1 Å². The summed E-state index contributed by atoms with van der Waals surface area (Å²) in [4.78, 5) is 29.9. The van der Waals surface area contributed by atoms with Crippen molar-refractivity contribution in [3.63, 3.8) is 0 Å². The summed E-state index contributed by atoms with van der Waals surface area (Å²) in [5, 5.41) is 0.840. The Morgan fingerprint density at radius 2 is 1.77 bits per heavy atom. The third-order valence-electron chi connectivity index (χ3n) is 6.43. The second-order valence-electron chi connectivity index (χ2n) is 8.73. The predicted molar refractivity (Wildman–Crippen MR) is 143 cm³/mol. The molecule has 0 atom stereocenters. The molecule has 35 heavy (non-hydrogen) atoms. The molecule has 1 aliphatic rings. The van der Waals surface area contributed by atoms with Crippen molar-refractivity contribution in [3.05, 3.63) is 69.6 Å². The molecule has 0 radical (unpaired) electrons. The van der Waals surface area contributed by atoms with E-state index in [1.54, 1.807) is 34.6 Å². The number of likely N-dealkylation sites (tertiary alicyclic amines) is 1. The van der Waals surface area contributed by atoms with Gasteiger partial charge in [0.2, 0.25) is 0 Å². The number of nitrogens with zero attached hydrogens (tertiary/aromatic N) is 4. The molecule has 0 N–H and O–H groups in total. The molecule has 3 aromatic rings. The molecular weight excluding hydrogens is 487 g/mol. The van der Waals surface area contributed by atoms with Crippen molar-refractivity contribution in [3.8, 4) is 0 Å². The summed E-state index contributed by atoms with van der Waals surface area (Å²) in [6, 6.07) is 13.0. The van der Waals surface area contributed by atoms with Crippen LogP contribution in [0.4, 0.5) is 10.5 Å². The average molecular weight is 517 g/mol. The van der Waals surface area contributed by atoms with Gasteiger partial charge in [0.25, 0.3) is 0 Å². The van der Waals surface area contributed by atoms with Gasteiger partial charge in [0.1, 0.15) is 0 Å². The van der Waals surface area contributed by atoms with Crippen LogP contribution >= 0.6 is 23.2 Å². The largest absolute Gasteiger partial charge is 0.449 e. The van der Waals surface area contributed by atoms with E-state index >= 15 is 0 Å². The molecule has 1 aliphatic heterocycles. The second kappa shape index (κ2) is 10.9. The molecule has 1 fully saturated rings. The number of allylic oxidation sites excluding steroid dienone is 1. The molecule has 1 amide bonds. The van der Waals surface area contributed by atoms with Gasteiger partial charge in [-0.3, -0.25) is 14.0 Å². The minimum atomic E-state index is -0.386. The normalized spacial score (nSPS) is 14.9. The Bertz CT molecular complexity index is 1290. The number of halogens is 2. The summed E-state index contributed by atoms with van der Waals surface area (Å²) in [5.41, 5.74) is 3.09. The summed E-state index contributed by atoms with van der Waals surface area (Å²) in [7, 11) is 0.